The largest absolute Gasteiger partial charge is 1.00 e. The molecule has 0 heterocycles. The molecule has 11 N–H and O–H groups in total. The first kappa shape index (κ1) is 614. The SMILES string of the molecule is O.O.O.O.O.[Na+].[OH-]. The summed E-state index contributed by atoms with van der Waals surface area (Å²) in [6, 6.07) is 0. The van der Waals surface area contributed by atoms with E-state index in [1.54, 1.807) is 0 Å². The van der Waals surface area contributed by atoms with Crippen molar-refractivity contribution < 1.29 is 62.4 Å². The number of hydrogen-bond donors (Lipinski definition) is 0. The van der Waals surface area contributed by atoms with Crippen LogP contribution < -0.4 is 29.6 Å². The van der Waals surface area contributed by atoms with Crippen LogP contribution in [0, 0.1) is 0 Å². The fourth-order valence-electron chi connectivity index (χ4n) is 0. The van der Waals surface area contributed by atoms with Gasteiger partial charge in [-0.15, -0.1) is 0 Å². The van der Waals surface area contributed by atoms with Crippen LogP contribution in [0.2, 0.25) is 0 Å². The van der Waals surface area contributed by atoms with Gasteiger partial charge in [0.05, 0.1) is 0 Å². The Balaban J connectivity index is 0. The molecule has 0 amide bonds. The molecule has 7 heavy (non-hydrogen) atoms. The zero-order valence-corrected chi connectivity index (χ0v) is 5.95. The first-order chi connectivity index (χ1) is 0. The van der Waals surface area contributed by atoms with E-state index < -0.39 is 0 Å². The minimum atomic E-state index is 0. The normalized spacial score (nSPS) is 0. The molecule has 7 heteroatoms. The van der Waals surface area contributed by atoms with Crippen LogP contribution in [0.15, 0.2) is 0 Å². The van der Waals surface area contributed by atoms with Gasteiger partial charge in [-0.05, 0) is 0 Å². The van der Waals surface area contributed by atoms with Crippen molar-refractivity contribution in [2.24, 2.45) is 0 Å². The minimum absolute atomic E-state index is 0. The van der Waals surface area contributed by atoms with Crippen molar-refractivity contribution in [3.05, 3.63) is 0 Å². The third-order valence-corrected chi connectivity index (χ3v) is 0. The Morgan fingerprint density at radius 1 is 0.429 bits per heavy atom. The average molecular weight is 130 g/mol. The summed E-state index contributed by atoms with van der Waals surface area (Å²) in [4.78, 5) is 0. The summed E-state index contributed by atoms with van der Waals surface area (Å²) in [5.41, 5.74) is 0. The summed E-state index contributed by atoms with van der Waals surface area (Å²) in [5.74, 6) is 0. The average Bonchev–Trinajstić information content (AvgIpc) is 0. The molecule has 0 spiro atoms. The van der Waals surface area contributed by atoms with Crippen molar-refractivity contribution >= 4 is 0 Å². The van der Waals surface area contributed by atoms with Crippen molar-refractivity contribution in [3.63, 3.8) is 0 Å². The molecule has 0 saturated heterocycles. The summed E-state index contributed by atoms with van der Waals surface area (Å²) in [6.45, 7) is 0. The molecule has 0 saturated carbocycles. The van der Waals surface area contributed by atoms with Gasteiger partial charge in [-0.2, -0.15) is 0 Å². The number of rotatable bonds is 0. The smallest absolute Gasteiger partial charge is 0.870 e. The fourth-order valence-corrected chi connectivity index (χ4v) is 0. The van der Waals surface area contributed by atoms with Crippen molar-refractivity contribution in [1.82, 2.24) is 0 Å². The van der Waals surface area contributed by atoms with Gasteiger partial charge in [0.2, 0.25) is 0 Å². The van der Waals surface area contributed by atoms with Crippen LogP contribution >= 0.6 is 0 Å². The van der Waals surface area contributed by atoms with Crippen LogP contribution in [0.5, 0.6) is 0 Å². The van der Waals surface area contributed by atoms with E-state index in [2.05, 4.69) is 0 Å². The Morgan fingerprint density at radius 3 is 0.429 bits per heavy atom. The van der Waals surface area contributed by atoms with Gasteiger partial charge in [0.25, 0.3) is 0 Å². The van der Waals surface area contributed by atoms with Crippen LogP contribution in [-0.4, -0.2) is 32.9 Å². The van der Waals surface area contributed by atoms with E-state index >= 15 is 0 Å². The molecule has 0 radical (unpaired) electrons. The van der Waals surface area contributed by atoms with Crippen molar-refractivity contribution in [3.8, 4) is 0 Å². The molecule has 0 aromatic rings. The molecule has 48 valence electrons. The Bertz CT molecular complexity index is 4.14. The van der Waals surface area contributed by atoms with Gasteiger partial charge in [-0.25, -0.2) is 0 Å². The predicted octanol–water partition coefficient (Wildman–Crippen LogP) is -7.30. The Hall–Kier alpha value is 0.760. The maximum absolute atomic E-state index is 0. The van der Waals surface area contributed by atoms with Gasteiger partial charge >= 0.3 is 29.6 Å². The molecule has 0 aromatic carbocycles. The van der Waals surface area contributed by atoms with Gasteiger partial charge in [0.15, 0.2) is 0 Å². The molecule has 0 rings (SSSR count). The molecular formula is H11NaO6. The van der Waals surface area contributed by atoms with E-state index in [-0.39, 0.29) is 62.4 Å². The topological polar surface area (TPSA) is 188 Å². The molecule has 0 unspecified atom stereocenters. The summed E-state index contributed by atoms with van der Waals surface area (Å²) < 4.78 is 0. The van der Waals surface area contributed by atoms with Gasteiger partial charge in [-0.3, -0.25) is 0 Å². The van der Waals surface area contributed by atoms with E-state index in [1.165, 1.54) is 0 Å². The zero-order valence-electron chi connectivity index (χ0n) is 3.95. The molecule has 0 fully saturated rings. The van der Waals surface area contributed by atoms with Crippen LogP contribution in [0.4, 0.5) is 0 Å². The molecule has 0 aliphatic heterocycles. The first-order valence-corrected chi connectivity index (χ1v) is 0. The van der Waals surface area contributed by atoms with Gasteiger partial charge in [0.1, 0.15) is 0 Å². The van der Waals surface area contributed by atoms with Crippen LogP contribution in [0.25, 0.3) is 0 Å². The monoisotopic (exact) mass is 130 g/mol. The van der Waals surface area contributed by atoms with E-state index in [9.17, 15) is 0 Å². The summed E-state index contributed by atoms with van der Waals surface area (Å²) in [6.07, 6.45) is 0. The molecular weight excluding hydrogens is 119 g/mol. The van der Waals surface area contributed by atoms with E-state index in [4.69, 9.17) is 0 Å². The van der Waals surface area contributed by atoms with Crippen molar-refractivity contribution in [1.29, 1.82) is 0 Å². The third kappa shape index (κ3) is 265. The number of hydrogen-bond acceptors (Lipinski definition) is 1. The Morgan fingerprint density at radius 2 is 0.429 bits per heavy atom. The maximum atomic E-state index is 0. The van der Waals surface area contributed by atoms with Crippen molar-refractivity contribution in [2.75, 3.05) is 0 Å². The Kier molecular flexibility index (Phi) is 34100. The van der Waals surface area contributed by atoms with Crippen LogP contribution in [0.1, 0.15) is 0 Å². The van der Waals surface area contributed by atoms with Gasteiger partial charge in [-0.1, -0.05) is 0 Å². The fraction of sp³-hybridized carbons (Fsp3) is 0. The van der Waals surface area contributed by atoms with Crippen LogP contribution in [0.3, 0.4) is 0 Å². The van der Waals surface area contributed by atoms with Gasteiger partial charge < -0.3 is 32.9 Å². The third-order valence-electron chi connectivity index (χ3n) is 0. The second-order valence-electron chi connectivity index (χ2n) is 0. The quantitative estimate of drug-likeness (QED) is 0.289. The minimum Gasteiger partial charge on any atom is -0.870 e. The predicted molar refractivity (Wildman–Crippen MR) is 20.0 cm³/mol. The first-order valence-electron chi connectivity index (χ1n) is 0. The second kappa shape index (κ2) is 388. The molecule has 0 aliphatic rings. The van der Waals surface area contributed by atoms with Gasteiger partial charge in [0, 0.05) is 0 Å². The van der Waals surface area contributed by atoms with Crippen LogP contribution in [-0.2, 0) is 0 Å². The zero-order chi connectivity index (χ0) is 0. The second-order valence-corrected chi connectivity index (χ2v) is 0. The van der Waals surface area contributed by atoms with E-state index in [1.807, 2.05) is 0 Å². The molecule has 0 aromatic heterocycles. The summed E-state index contributed by atoms with van der Waals surface area (Å²) in [7, 11) is 0. The molecule has 0 bridgehead atoms. The summed E-state index contributed by atoms with van der Waals surface area (Å²) >= 11 is 0. The van der Waals surface area contributed by atoms with Crippen molar-refractivity contribution in [2.45, 2.75) is 0 Å². The van der Waals surface area contributed by atoms with E-state index in [0.29, 0.717) is 0 Å². The summed E-state index contributed by atoms with van der Waals surface area (Å²) in [5, 5.41) is 0. The molecule has 0 aliphatic carbocycles. The Labute approximate surface area is 62.7 Å². The standard InChI is InChI=1S/Na.6H2O/h;6*1H2/q+1;;;;;;/p-1. The maximum Gasteiger partial charge on any atom is 1.00 e. The van der Waals surface area contributed by atoms with E-state index in [0.717, 1.165) is 0 Å². The molecule has 0 atom stereocenters. The molecule has 6 nitrogen and oxygen atoms in total.